The Kier molecular flexibility index (Phi) is 7.41. The molecule has 0 atom stereocenters. The molecule has 0 saturated carbocycles. The van der Waals surface area contributed by atoms with Gasteiger partial charge in [-0.1, -0.05) is 40.9 Å². The van der Waals surface area contributed by atoms with Gasteiger partial charge in [-0.3, -0.25) is 10.1 Å². The Balaban J connectivity index is 2.08. The van der Waals surface area contributed by atoms with Crippen molar-refractivity contribution in [2.24, 2.45) is 0 Å². The predicted octanol–water partition coefficient (Wildman–Crippen LogP) is 5.36. The van der Waals surface area contributed by atoms with Crippen LogP contribution in [0.25, 0.3) is 0 Å². The molecule has 0 aliphatic heterocycles. The largest absolute Gasteiger partial charge is 0.486 e. The third-order valence-electron chi connectivity index (χ3n) is 3.09. The molecular weight excluding hydrogens is 425 g/mol. The van der Waals surface area contributed by atoms with Crippen LogP contribution in [0.2, 0.25) is 10.0 Å². The molecule has 142 valence electrons. The third kappa shape index (κ3) is 5.56. The molecule has 0 radical (unpaired) electrons. The maximum atomic E-state index is 13.6. The fraction of sp³-hybridized carbons (Fsp3) is 0.0588. The van der Waals surface area contributed by atoms with Gasteiger partial charge in [-0.25, -0.2) is 13.6 Å². The first-order valence-electron chi connectivity index (χ1n) is 7.27. The SMILES string of the molecule is O=C(NC(=O)c1c(F)cccc1F)Nc1cc(Cl)c(OC/C=C/Cl)c(Cl)c1. The summed E-state index contributed by atoms with van der Waals surface area (Å²) in [5.41, 5.74) is 0.515. The van der Waals surface area contributed by atoms with E-state index >= 15 is 0 Å². The highest BCUT2D eigenvalue weighted by Crippen LogP contribution is 2.36. The molecule has 0 bridgehead atoms. The van der Waals surface area contributed by atoms with Crippen LogP contribution in [0.1, 0.15) is 10.4 Å². The first-order chi connectivity index (χ1) is 12.8. The van der Waals surface area contributed by atoms with Crippen molar-refractivity contribution in [3.05, 3.63) is 69.2 Å². The Hall–Kier alpha value is -2.35. The van der Waals surface area contributed by atoms with Crippen molar-refractivity contribution >= 4 is 52.4 Å². The van der Waals surface area contributed by atoms with Gasteiger partial charge in [0.2, 0.25) is 0 Å². The van der Waals surface area contributed by atoms with E-state index in [9.17, 15) is 18.4 Å². The zero-order valence-corrected chi connectivity index (χ0v) is 15.6. The number of hydrogen-bond donors (Lipinski definition) is 2. The van der Waals surface area contributed by atoms with Crippen LogP contribution in [-0.2, 0) is 0 Å². The lowest BCUT2D eigenvalue weighted by molar-refractivity contribution is 0.0959. The van der Waals surface area contributed by atoms with E-state index in [2.05, 4.69) is 5.32 Å². The smallest absolute Gasteiger partial charge is 0.326 e. The van der Waals surface area contributed by atoms with Gasteiger partial charge in [-0.05, 0) is 30.3 Å². The number of carbonyl (C=O) groups is 2. The Morgan fingerprint density at radius 2 is 1.70 bits per heavy atom. The molecule has 0 aromatic heterocycles. The number of amides is 3. The van der Waals surface area contributed by atoms with E-state index in [4.69, 9.17) is 39.5 Å². The average molecular weight is 436 g/mol. The second-order valence-corrected chi connectivity index (χ2v) is 6.01. The molecule has 2 N–H and O–H groups in total. The Morgan fingerprint density at radius 3 is 2.26 bits per heavy atom. The third-order valence-corrected chi connectivity index (χ3v) is 3.83. The number of halogens is 5. The Labute approximate surface area is 167 Å². The van der Waals surface area contributed by atoms with Gasteiger partial charge in [0.1, 0.15) is 23.8 Å². The lowest BCUT2D eigenvalue weighted by Gasteiger charge is -2.12. The molecule has 2 aromatic carbocycles. The normalized spacial score (nSPS) is 10.7. The molecule has 5 nitrogen and oxygen atoms in total. The topological polar surface area (TPSA) is 67.4 Å². The van der Waals surface area contributed by atoms with Crippen LogP contribution in [0.3, 0.4) is 0 Å². The molecule has 0 saturated heterocycles. The molecule has 0 spiro atoms. The van der Waals surface area contributed by atoms with Gasteiger partial charge in [-0.2, -0.15) is 0 Å². The number of imide groups is 1. The highest BCUT2D eigenvalue weighted by molar-refractivity contribution is 6.37. The highest BCUT2D eigenvalue weighted by atomic mass is 35.5. The first kappa shape index (κ1) is 21.0. The molecule has 0 aliphatic carbocycles. The van der Waals surface area contributed by atoms with E-state index < -0.39 is 29.1 Å². The quantitative estimate of drug-likeness (QED) is 0.664. The molecule has 2 aromatic rings. The van der Waals surface area contributed by atoms with Gasteiger partial charge >= 0.3 is 6.03 Å². The van der Waals surface area contributed by atoms with Crippen molar-refractivity contribution in [1.29, 1.82) is 0 Å². The van der Waals surface area contributed by atoms with E-state index in [0.29, 0.717) is 0 Å². The molecule has 0 aliphatic rings. The predicted molar refractivity (Wildman–Crippen MR) is 99.8 cm³/mol. The minimum Gasteiger partial charge on any atom is -0.486 e. The summed E-state index contributed by atoms with van der Waals surface area (Å²) in [6.45, 7) is 0.124. The number of benzene rings is 2. The zero-order chi connectivity index (χ0) is 20.0. The van der Waals surface area contributed by atoms with Crippen LogP contribution in [-0.4, -0.2) is 18.5 Å². The molecule has 27 heavy (non-hydrogen) atoms. The van der Waals surface area contributed by atoms with Gasteiger partial charge < -0.3 is 10.1 Å². The first-order valence-corrected chi connectivity index (χ1v) is 8.46. The van der Waals surface area contributed by atoms with Crippen LogP contribution >= 0.6 is 34.8 Å². The summed E-state index contributed by atoms with van der Waals surface area (Å²) >= 11 is 17.5. The van der Waals surface area contributed by atoms with Crippen molar-refractivity contribution in [3.8, 4) is 5.75 Å². The van der Waals surface area contributed by atoms with Crippen LogP contribution < -0.4 is 15.4 Å². The fourth-order valence-corrected chi connectivity index (χ4v) is 2.65. The number of hydrogen-bond acceptors (Lipinski definition) is 3. The molecule has 10 heteroatoms. The zero-order valence-electron chi connectivity index (χ0n) is 13.4. The number of rotatable bonds is 5. The molecule has 3 amide bonds. The Bertz CT molecular complexity index is 864. The number of carbonyl (C=O) groups excluding carboxylic acids is 2. The minimum absolute atomic E-state index is 0.0900. The lowest BCUT2D eigenvalue weighted by Crippen LogP contribution is -2.35. The van der Waals surface area contributed by atoms with E-state index in [0.717, 1.165) is 18.2 Å². The summed E-state index contributed by atoms with van der Waals surface area (Å²) in [4.78, 5) is 23.8. The lowest BCUT2D eigenvalue weighted by atomic mass is 10.2. The van der Waals surface area contributed by atoms with Crippen molar-refractivity contribution < 1.29 is 23.1 Å². The Morgan fingerprint density at radius 1 is 1.11 bits per heavy atom. The van der Waals surface area contributed by atoms with Gasteiger partial charge in [0.15, 0.2) is 5.75 Å². The molecular formula is C17H11Cl3F2N2O3. The summed E-state index contributed by atoms with van der Waals surface area (Å²) in [7, 11) is 0. The summed E-state index contributed by atoms with van der Waals surface area (Å²) in [6.07, 6.45) is 1.52. The number of ether oxygens (including phenoxy) is 1. The van der Waals surface area contributed by atoms with Gasteiger partial charge in [0.05, 0.1) is 10.0 Å². The van der Waals surface area contributed by atoms with E-state index in [-0.39, 0.29) is 28.1 Å². The summed E-state index contributed by atoms with van der Waals surface area (Å²) in [5.74, 6) is -3.27. The van der Waals surface area contributed by atoms with E-state index in [1.165, 1.54) is 23.7 Å². The molecule has 2 rings (SSSR count). The standard InChI is InChI=1S/C17H11Cl3F2N2O3/c18-5-2-6-27-15-10(19)7-9(8-11(15)20)23-17(26)24-16(25)14-12(21)3-1-4-13(14)22/h1-5,7-8H,6H2,(H2,23,24,25,26)/b5-2+. The van der Waals surface area contributed by atoms with Crippen LogP contribution in [0, 0.1) is 11.6 Å². The maximum Gasteiger partial charge on any atom is 0.326 e. The highest BCUT2D eigenvalue weighted by Gasteiger charge is 2.19. The average Bonchev–Trinajstić information content (AvgIpc) is 2.57. The summed E-state index contributed by atoms with van der Waals surface area (Å²) in [6, 6.07) is 4.50. The van der Waals surface area contributed by atoms with E-state index in [1.807, 2.05) is 5.32 Å². The van der Waals surface area contributed by atoms with Gasteiger partial charge in [-0.15, -0.1) is 0 Å². The second-order valence-electron chi connectivity index (χ2n) is 4.95. The van der Waals surface area contributed by atoms with Crippen LogP contribution in [0.4, 0.5) is 19.3 Å². The van der Waals surface area contributed by atoms with Crippen LogP contribution in [0.15, 0.2) is 41.9 Å². The minimum atomic E-state index is -1.24. The number of anilines is 1. The summed E-state index contributed by atoms with van der Waals surface area (Å²) < 4.78 is 32.4. The number of urea groups is 1. The maximum absolute atomic E-state index is 13.6. The number of nitrogens with one attached hydrogen (secondary N) is 2. The van der Waals surface area contributed by atoms with Gasteiger partial charge in [0.25, 0.3) is 5.91 Å². The molecule has 0 unspecified atom stereocenters. The van der Waals surface area contributed by atoms with Crippen molar-refractivity contribution in [3.63, 3.8) is 0 Å². The fourth-order valence-electron chi connectivity index (χ4n) is 1.98. The van der Waals surface area contributed by atoms with Crippen molar-refractivity contribution in [2.75, 3.05) is 11.9 Å². The molecule has 0 heterocycles. The van der Waals surface area contributed by atoms with E-state index in [1.54, 1.807) is 0 Å². The monoisotopic (exact) mass is 434 g/mol. The van der Waals surface area contributed by atoms with Crippen molar-refractivity contribution in [2.45, 2.75) is 0 Å². The molecule has 0 fully saturated rings. The second kappa shape index (κ2) is 9.55. The van der Waals surface area contributed by atoms with Gasteiger partial charge in [0, 0.05) is 11.2 Å². The van der Waals surface area contributed by atoms with Crippen molar-refractivity contribution in [1.82, 2.24) is 5.32 Å². The van der Waals surface area contributed by atoms with Crippen LogP contribution in [0.5, 0.6) is 5.75 Å². The summed E-state index contributed by atoms with van der Waals surface area (Å²) in [5, 5.41) is 4.27.